The Bertz CT molecular complexity index is 1250. The van der Waals surface area contributed by atoms with E-state index >= 15 is 0 Å². The lowest BCUT2D eigenvalue weighted by molar-refractivity contribution is 0.0954. The minimum atomic E-state index is -0.312. The van der Waals surface area contributed by atoms with Crippen LogP contribution < -0.4 is 14.8 Å². The largest absolute Gasteiger partial charge is 0.497 e. The molecule has 6 nitrogen and oxygen atoms in total. The third-order valence-electron chi connectivity index (χ3n) is 5.28. The summed E-state index contributed by atoms with van der Waals surface area (Å²) in [5, 5.41) is 7.58. The molecule has 168 valence electrons. The van der Waals surface area contributed by atoms with Gasteiger partial charge in [0.15, 0.2) is 0 Å². The number of hydrogen-bond acceptors (Lipinski definition) is 4. The van der Waals surface area contributed by atoms with Crippen molar-refractivity contribution in [1.82, 2.24) is 15.1 Å². The van der Waals surface area contributed by atoms with Gasteiger partial charge >= 0.3 is 0 Å². The SMILES string of the molecule is COc1ccc(OC)c(-c2nn(-c3ccccc3)cc2C(=O)NCCc2ccccc2F)c1. The van der Waals surface area contributed by atoms with Crippen molar-refractivity contribution in [3.63, 3.8) is 0 Å². The lowest BCUT2D eigenvalue weighted by Crippen LogP contribution is -2.26. The number of aromatic nitrogens is 2. The molecule has 33 heavy (non-hydrogen) atoms. The average molecular weight is 445 g/mol. The van der Waals surface area contributed by atoms with Gasteiger partial charge in [-0.15, -0.1) is 0 Å². The van der Waals surface area contributed by atoms with E-state index in [1.54, 1.807) is 61.5 Å². The summed E-state index contributed by atoms with van der Waals surface area (Å²) in [6, 6.07) is 21.4. The summed E-state index contributed by atoms with van der Waals surface area (Å²) in [4.78, 5) is 13.2. The first-order valence-corrected chi connectivity index (χ1v) is 10.5. The Morgan fingerprint density at radius 3 is 2.48 bits per heavy atom. The molecule has 0 aliphatic heterocycles. The molecule has 0 aliphatic rings. The van der Waals surface area contributed by atoms with Crippen LogP contribution in [0.15, 0.2) is 79.0 Å². The van der Waals surface area contributed by atoms with Gasteiger partial charge in [0.2, 0.25) is 0 Å². The van der Waals surface area contributed by atoms with Crippen molar-refractivity contribution in [2.24, 2.45) is 0 Å². The van der Waals surface area contributed by atoms with Gasteiger partial charge in [-0.05, 0) is 48.4 Å². The Balaban J connectivity index is 1.68. The first-order chi connectivity index (χ1) is 16.1. The molecule has 0 fully saturated rings. The highest BCUT2D eigenvalue weighted by Gasteiger charge is 2.22. The molecule has 1 N–H and O–H groups in total. The predicted molar refractivity (Wildman–Crippen MR) is 125 cm³/mol. The quantitative estimate of drug-likeness (QED) is 0.428. The van der Waals surface area contributed by atoms with Crippen molar-refractivity contribution >= 4 is 5.91 Å². The number of nitrogens with one attached hydrogen (secondary N) is 1. The zero-order valence-corrected chi connectivity index (χ0v) is 18.4. The number of nitrogens with zero attached hydrogens (tertiary/aromatic N) is 2. The fraction of sp³-hybridized carbons (Fsp3) is 0.154. The van der Waals surface area contributed by atoms with Crippen LogP contribution in [0.3, 0.4) is 0 Å². The first kappa shape index (κ1) is 22.1. The van der Waals surface area contributed by atoms with Crippen molar-refractivity contribution in [2.45, 2.75) is 6.42 Å². The van der Waals surface area contributed by atoms with Crippen LogP contribution in [-0.2, 0) is 6.42 Å². The molecule has 0 aliphatic carbocycles. The average Bonchev–Trinajstić information content (AvgIpc) is 3.31. The lowest BCUT2D eigenvalue weighted by Gasteiger charge is -2.11. The second-order valence-corrected chi connectivity index (χ2v) is 7.34. The van der Waals surface area contributed by atoms with Crippen LogP contribution in [0, 0.1) is 5.82 Å². The molecule has 0 saturated heterocycles. The minimum absolute atomic E-state index is 0.283. The van der Waals surface area contributed by atoms with E-state index in [1.807, 2.05) is 30.3 Å². The van der Waals surface area contributed by atoms with Crippen LogP contribution in [0.1, 0.15) is 15.9 Å². The molecule has 1 heterocycles. The van der Waals surface area contributed by atoms with Crippen molar-refractivity contribution in [2.75, 3.05) is 20.8 Å². The molecule has 0 unspecified atom stereocenters. The first-order valence-electron chi connectivity index (χ1n) is 10.5. The highest BCUT2D eigenvalue weighted by molar-refractivity contribution is 6.00. The summed E-state index contributed by atoms with van der Waals surface area (Å²) in [5.41, 5.74) is 2.82. The molecule has 1 amide bonds. The Kier molecular flexibility index (Phi) is 6.69. The third-order valence-corrected chi connectivity index (χ3v) is 5.28. The Labute approximate surface area is 191 Å². The Morgan fingerprint density at radius 1 is 1.00 bits per heavy atom. The van der Waals surface area contributed by atoms with Gasteiger partial charge in [-0.25, -0.2) is 9.07 Å². The maximum Gasteiger partial charge on any atom is 0.255 e. The maximum absolute atomic E-state index is 13.9. The number of benzene rings is 3. The van der Waals surface area contributed by atoms with E-state index in [-0.39, 0.29) is 18.3 Å². The summed E-state index contributed by atoms with van der Waals surface area (Å²) in [5.74, 6) is 0.583. The molecule has 0 radical (unpaired) electrons. The van der Waals surface area contributed by atoms with Gasteiger partial charge in [-0.1, -0.05) is 36.4 Å². The van der Waals surface area contributed by atoms with E-state index in [2.05, 4.69) is 5.32 Å². The molecular weight excluding hydrogens is 421 g/mol. The van der Waals surface area contributed by atoms with Crippen LogP contribution in [-0.4, -0.2) is 36.5 Å². The van der Waals surface area contributed by atoms with Crippen molar-refractivity contribution in [3.05, 3.63) is 95.9 Å². The fourth-order valence-corrected chi connectivity index (χ4v) is 3.56. The van der Waals surface area contributed by atoms with Crippen molar-refractivity contribution < 1.29 is 18.7 Å². The van der Waals surface area contributed by atoms with Crippen LogP contribution in [0.4, 0.5) is 4.39 Å². The number of ether oxygens (including phenoxy) is 2. The lowest BCUT2D eigenvalue weighted by atomic mass is 10.1. The molecular formula is C26H24FN3O3. The fourth-order valence-electron chi connectivity index (χ4n) is 3.56. The van der Waals surface area contributed by atoms with Gasteiger partial charge in [0, 0.05) is 18.3 Å². The van der Waals surface area contributed by atoms with E-state index in [9.17, 15) is 9.18 Å². The van der Waals surface area contributed by atoms with E-state index in [1.165, 1.54) is 6.07 Å². The van der Waals surface area contributed by atoms with Gasteiger partial charge < -0.3 is 14.8 Å². The third kappa shape index (κ3) is 4.87. The summed E-state index contributed by atoms with van der Waals surface area (Å²) in [7, 11) is 3.14. The normalized spacial score (nSPS) is 10.6. The molecule has 0 bridgehead atoms. The highest BCUT2D eigenvalue weighted by Crippen LogP contribution is 2.35. The molecule has 0 atom stereocenters. The molecule has 4 rings (SSSR count). The van der Waals surface area contributed by atoms with Crippen molar-refractivity contribution in [1.29, 1.82) is 0 Å². The van der Waals surface area contributed by atoms with Gasteiger partial charge in [0.05, 0.1) is 25.5 Å². The Hall–Kier alpha value is -4.13. The van der Waals surface area contributed by atoms with Crippen LogP contribution in [0.5, 0.6) is 11.5 Å². The summed E-state index contributed by atoms with van der Waals surface area (Å²) < 4.78 is 26.5. The van der Waals surface area contributed by atoms with E-state index in [0.29, 0.717) is 40.3 Å². The van der Waals surface area contributed by atoms with Gasteiger partial charge in [0.1, 0.15) is 23.0 Å². The molecule has 0 spiro atoms. The summed E-state index contributed by atoms with van der Waals surface area (Å²) in [6.07, 6.45) is 2.06. The smallest absolute Gasteiger partial charge is 0.255 e. The minimum Gasteiger partial charge on any atom is -0.497 e. The molecule has 4 aromatic rings. The number of rotatable bonds is 8. The zero-order chi connectivity index (χ0) is 23.2. The maximum atomic E-state index is 13.9. The molecule has 3 aromatic carbocycles. The number of carbonyl (C=O) groups excluding carboxylic acids is 1. The number of methoxy groups -OCH3 is 2. The zero-order valence-electron chi connectivity index (χ0n) is 18.4. The molecule has 0 saturated carbocycles. The number of hydrogen-bond donors (Lipinski definition) is 1. The monoisotopic (exact) mass is 445 g/mol. The van der Waals surface area contributed by atoms with Gasteiger partial charge in [-0.3, -0.25) is 4.79 Å². The van der Waals surface area contributed by atoms with Crippen LogP contribution in [0.25, 0.3) is 16.9 Å². The van der Waals surface area contributed by atoms with Crippen LogP contribution >= 0.6 is 0 Å². The summed E-state index contributed by atoms with van der Waals surface area (Å²) >= 11 is 0. The van der Waals surface area contributed by atoms with Crippen molar-refractivity contribution in [3.8, 4) is 28.4 Å². The van der Waals surface area contributed by atoms with E-state index in [4.69, 9.17) is 14.6 Å². The van der Waals surface area contributed by atoms with Crippen LogP contribution in [0.2, 0.25) is 0 Å². The second-order valence-electron chi connectivity index (χ2n) is 7.34. The van der Waals surface area contributed by atoms with E-state index < -0.39 is 0 Å². The predicted octanol–water partition coefficient (Wildman–Crippen LogP) is 4.67. The second kappa shape index (κ2) is 9.99. The standard InChI is InChI=1S/C26H24FN3O3/c1-32-20-12-13-24(33-2)21(16-20)25-22(17-30(29-25)19-9-4-3-5-10-19)26(31)28-15-14-18-8-6-7-11-23(18)27/h3-13,16-17H,14-15H2,1-2H3,(H,28,31). The Morgan fingerprint density at radius 2 is 1.76 bits per heavy atom. The number of para-hydroxylation sites is 1. The summed E-state index contributed by atoms with van der Waals surface area (Å²) in [6.45, 7) is 0.283. The molecule has 1 aromatic heterocycles. The van der Waals surface area contributed by atoms with E-state index in [0.717, 1.165) is 5.69 Å². The number of halogens is 1. The molecule has 7 heteroatoms. The number of carbonyl (C=O) groups is 1. The highest BCUT2D eigenvalue weighted by atomic mass is 19.1. The number of amides is 1. The topological polar surface area (TPSA) is 65.4 Å². The van der Waals surface area contributed by atoms with Gasteiger partial charge in [0.25, 0.3) is 5.91 Å². The van der Waals surface area contributed by atoms with Gasteiger partial charge in [-0.2, -0.15) is 5.10 Å².